The van der Waals surface area contributed by atoms with E-state index in [1.165, 1.54) is 5.56 Å². The number of benzene rings is 2. The van der Waals surface area contributed by atoms with Crippen LogP contribution in [0.2, 0.25) is 0 Å². The van der Waals surface area contributed by atoms with Crippen molar-refractivity contribution >= 4 is 17.6 Å². The van der Waals surface area contributed by atoms with Crippen molar-refractivity contribution in [3.05, 3.63) is 64.9 Å². The molecule has 0 N–H and O–H groups in total. The summed E-state index contributed by atoms with van der Waals surface area (Å²) >= 11 is 0. The van der Waals surface area contributed by atoms with Gasteiger partial charge in [0.1, 0.15) is 18.1 Å². The third kappa shape index (κ3) is 3.24. The van der Waals surface area contributed by atoms with Crippen LogP contribution in [0.4, 0.5) is 5.69 Å². The van der Waals surface area contributed by atoms with Gasteiger partial charge in [0.15, 0.2) is 0 Å². The van der Waals surface area contributed by atoms with Crippen molar-refractivity contribution in [3.8, 4) is 11.5 Å². The predicted molar refractivity (Wildman–Crippen MR) is 108 cm³/mol. The summed E-state index contributed by atoms with van der Waals surface area (Å²) in [4.78, 5) is 27.4. The van der Waals surface area contributed by atoms with E-state index in [4.69, 9.17) is 14.2 Å². The summed E-state index contributed by atoms with van der Waals surface area (Å²) in [6.07, 6.45) is 1.06. The number of ether oxygens (including phenoxy) is 3. The lowest BCUT2D eigenvalue weighted by Gasteiger charge is -2.32. The Morgan fingerprint density at radius 3 is 2.48 bits per heavy atom. The Balaban J connectivity index is 1.82. The van der Waals surface area contributed by atoms with E-state index in [0.717, 1.165) is 17.7 Å². The van der Waals surface area contributed by atoms with Gasteiger partial charge in [-0.3, -0.25) is 9.69 Å². The highest BCUT2D eigenvalue weighted by Crippen LogP contribution is 2.45. The number of anilines is 1. The summed E-state index contributed by atoms with van der Waals surface area (Å²) in [7, 11) is 3.15. The number of carbonyl (C=O) groups excluding carboxylic acids is 2. The molecule has 4 rings (SSSR count). The Kier molecular flexibility index (Phi) is 5.01. The maximum absolute atomic E-state index is 13.2. The fraction of sp³-hybridized carbons (Fsp3) is 0.304. The van der Waals surface area contributed by atoms with Crippen LogP contribution in [0.1, 0.15) is 30.4 Å². The second kappa shape index (κ2) is 7.62. The van der Waals surface area contributed by atoms with E-state index in [0.29, 0.717) is 22.8 Å². The molecule has 1 amide bonds. The van der Waals surface area contributed by atoms with E-state index < -0.39 is 11.9 Å². The van der Waals surface area contributed by atoms with Crippen LogP contribution in [-0.4, -0.2) is 32.7 Å². The highest BCUT2D eigenvalue weighted by atomic mass is 16.5. The van der Waals surface area contributed by atoms with Crippen LogP contribution in [-0.2, 0) is 20.7 Å². The summed E-state index contributed by atoms with van der Waals surface area (Å²) in [5, 5.41) is 0. The first kappa shape index (κ1) is 19.1. The molecule has 2 aromatic carbocycles. The number of hydrogen-bond donors (Lipinski definition) is 0. The van der Waals surface area contributed by atoms with Gasteiger partial charge in [-0.05, 0) is 42.3 Å². The molecule has 2 aliphatic heterocycles. The Morgan fingerprint density at radius 2 is 1.83 bits per heavy atom. The second-order valence-electron chi connectivity index (χ2n) is 7.05. The number of amides is 1. The first-order chi connectivity index (χ1) is 14.1. The van der Waals surface area contributed by atoms with Gasteiger partial charge in [-0.15, -0.1) is 0 Å². The first-order valence-corrected chi connectivity index (χ1v) is 9.61. The normalized spacial score (nSPS) is 18.6. The maximum atomic E-state index is 13.2. The Hall–Kier alpha value is -3.28. The predicted octanol–water partition coefficient (Wildman–Crippen LogP) is 3.60. The van der Waals surface area contributed by atoms with Gasteiger partial charge in [-0.1, -0.05) is 19.1 Å². The number of hydrogen-bond acceptors (Lipinski definition) is 5. The summed E-state index contributed by atoms with van der Waals surface area (Å²) in [5.74, 6) is 0.331. The van der Waals surface area contributed by atoms with Crippen LogP contribution in [0.5, 0.6) is 11.5 Å². The van der Waals surface area contributed by atoms with E-state index >= 15 is 0 Å². The average Bonchev–Trinajstić information content (AvgIpc) is 3.14. The maximum Gasteiger partial charge on any atom is 0.336 e. The van der Waals surface area contributed by atoms with Crippen molar-refractivity contribution in [2.24, 2.45) is 0 Å². The number of esters is 1. The van der Waals surface area contributed by atoms with Crippen molar-refractivity contribution in [3.63, 3.8) is 0 Å². The molecule has 0 aliphatic carbocycles. The van der Waals surface area contributed by atoms with Gasteiger partial charge in [-0.2, -0.15) is 0 Å². The van der Waals surface area contributed by atoms with E-state index in [1.54, 1.807) is 31.3 Å². The Bertz CT molecular complexity index is 993. The van der Waals surface area contributed by atoms with Crippen LogP contribution in [0.3, 0.4) is 0 Å². The molecule has 1 atom stereocenters. The zero-order chi connectivity index (χ0) is 20.5. The molecule has 0 bridgehead atoms. The highest BCUT2D eigenvalue weighted by Gasteiger charge is 2.43. The number of rotatable bonds is 5. The molecule has 0 radical (unpaired) electrons. The summed E-state index contributed by atoms with van der Waals surface area (Å²) in [5.41, 5.74) is 3.79. The number of nitrogens with zero attached hydrogens (tertiary/aromatic N) is 1. The third-order valence-corrected chi connectivity index (χ3v) is 5.53. The Morgan fingerprint density at radius 1 is 1.07 bits per heavy atom. The topological polar surface area (TPSA) is 65.1 Å². The molecule has 0 fully saturated rings. The first-order valence-electron chi connectivity index (χ1n) is 9.61. The second-order valence-corrected chi connectivity index (χ2v) is 7.05. The van der Waals surface area contributed by atoms with Crippen LogP contribution < -0.4 is 14.4 Å². The molecule has 150 valence electrons. The minimum atomic E-state index is -0.441. The van der Waals surface area contributed by atoms with E-state index in [9.17, 15) is 9.59 Å². The third-order valence-electron chi connectivity index (χ3n) is 5.53. The molecule has 0 spiro atoms. The number of carbonyl (C=O) groups is 2. The fourth-order valence-corrected chi connectivity index (χ4v) is 4.01. The molecular weight excluding hydrogens is 370 g/mol. The molecule has 6 heteroatoms. The smallest absolute Gasteiger partial charge is 0.336 e. The van der Waals surface area contributed by atoms with E-state index in [2.05, 4.69) is 6.92 Å². The molecular formula is C23H23NO5. The summed E-state index contributed by atoms with van der Waals surface area (Å²) < 4.78 is 16.2. The van der Waals surface area contributed by atoms with Crippen LogP contribution in [0, 0.1) is 0 Å². The molecule has 0 saturated heterocycles. The van der Waals surface area contributed by atoms with Gasteiger partial charge in [0.2, 0.25) is 5.91 Å². The molecule has 2 heterocycles. The SMILES string of the molecule is CCc1ccc(N2C(=O)C[C@H](c3cc(OC)ccc3OC)C3=C2COC3=O)cc1. The molecule has 6 nitrogen and oxygen atoms in total. The molecule has 2 aliphatic rings. The largest absolute Gasteiger partial charge is 0.497 e. The molecule has 2 aromatic rings. The number of cyclic esters (lactones) is 1. The minimum Gasteiger partial charge on any atom is -0.497 e. The minimum absolute atomic E-state index is 0.0816. The zero-order valence-electron chi connectivity index (χ0n) is 16.7. The van der Waals surface area contributed by atoms with Crippen molar-refractivity contribution in [1.82, 2.24) is 0 Å². The monoisotopic (exact) mass is 393 g/mol. The number of methoxy groups -OCH3 is 2. The van der Waals surface area contributed by atoms with Gasteiger partial charge < -0.3 is 14.2 Å². The Labute approximate surface area is 169 Å². The van der Waals surface area contributed by atoms with Crippen LogP contribution >= 0.6 is 0 Å². The standard InChI is InChI=1S/C23H23NO5/c1-4-14-5-7-15(8-6-14)24-19-13-29-23(26)22(19)18(12-21(24)25)17-11-16(27-2)9-10-20(17)28-3/h5-11,18H,4,12-13H2,1-3H3/t18-/m1/s1. The van der Waals surface area contributed by atoms with Crippen LogP contribution in [0.25, 0.3) is 0 Å². The van der Waals surface area contributed by atoms with Crippen molar-refractivity contribution in [1.29, 1.82) is 0 Å². The van der Waals surface area contributed by atoms with Crippen LogP contribution in [0.15, 0.2) is 53.7 Å². The molecule has 29 heavy (non-hydrogen) atoms. The van der Waals surface area contributed by atoms with Gasteiger partial charge >= 0.3 is 5.97 Å². The quantitative estimate of drug-likeness (QED) is 0.727. The summed E-state index contributed by atoms with van der Waals surface area (Å²) in [6, 6.07) is 13.2. The lowest BCUT2D eigenvalue weighted by molar-refractivity contribution is -0.136. The van der Waals surface area contributed by atoms with Crippen molar-refractivity contribution in [2.75, 3.05) is 25.7 Å². The lowest BCUT2D eigenvalue weighted by Crippen LogP contribution is -2.37. The van der Waals surface area contributed by atoms with Gasteiger partial charge in [0.25, 0.3) is 0 Å². The molecule has 0 unspecified atom stereocenters. The average molecular weight is 393 g/mol. The number of aryl methyl sites for hydroxylation is 1. The van der Waals surface area contributed by atoms with Gasteiger partial charge in [0.05, 0.1) is 25.5 Å². The van der Waals surface area contributed by atoms with Gasteiger partial charge in [0, 0.05) is 23.6 Å². The highest BCUT2D eigenvalue weighted by molar-refractivity contribution is 6.06. The van der Waals surface area contributed by atoms with Crippen molar-refractivity contribution < 1.29 is 23.8 Å². The van der Waals surface area contributed by atoms with Gasteiger partial charge in [-0.25, -0.2) is 4.79 Å². The van der Waals surface area contributed by atoms with E-state index in [1.807, 2.05) is 30.3 Å². The molecule has 0 saturated carbocycles. The zero-order valence-corrected chi connectivity index (χ0v) is 16.7. The van der Waals surface area contributed by atoms with Crippen molar-refractivity contribution in [2.45, 2.75) is 25.7 Å². The fourth-order valence-electron chi connectivity index (χ4n) is 4.01. The lowest BCUT2D eigenvalue weighted by atomic mass is 9.83. The summed E-state index contributed by atoms with van der Waals surface area (Å²) in [6.45, 7) is 2.16. The van der Waals surface area contributed by atoms with E-state index in [-0.39, 0.29) is 18.9 Å². The molecule has 0 aromatic heterocycles.